The van der Waals surface area contributed by atoms with Gasteiger partial charge in [0.25, 0.3) is 0 Å². The number of hydrogen-bond donors (Lipinski definition) is 1. The number of phenolic OH excluding ortho intramolecular Hbond substituents is 1. The monoisotopic (exact) mass is 849 g/mol. The van der Waals surface area contributed by atoms with E-state index in [1.165, 1.54) is 11.1 Å². The molecule has 0 aliphatic rings. The van der Waals surface area contributed by atoms with Crippen LogP contribution in [-0.2, 0) is 28.1 Å². The molecule has 4 nitrogen and oxygen atoms in total. The fourth-order valence-corrected chi connectivity index (χ4v) is 8.37. The Bertz CT molecular complexity index is 2860. The predicted molar refractivity (Wildman–Crippen MR) is 273 cm³/mol. The van der Waals surface area contributed by atoms with Crippen LogP contribution in [0.2, 0.25) is 0 Å². The van der Waals surface area contributed by atoms with Crippen molar-refractivity contribution >= 4 is 6.08 Å². The summed E-state index contributed by atoms with van der Waals surface area (Å²) in [5.74, 6) is 0.257. The Kier molecular flexibility index (Phi) is 12.0. The second-order valence-electron chi connectivity index (χ2n) is 22.0. The summed E-state index contributed by atoms with van der Waals surface area (Å²) >= 11 is 0. The molecule has 0 saturated heterocycles. The van der Waals surface area contributed by atoms with Gasteiger partial charge in [-0.25, -0.2) is 4.98 Å². The lowest BCUT2D eigenvalue weighted by molar-refractivity contribution is 0.446. The van der Waals surface area contributed by atoms with Gasteiger partial charge in [-0.2, -0.15) is 0 Å². The zero-order valence-electron chi connectivity index (χ0n) is 41.8. The van der Waals surface area contributed by atoms with Crippen LogP contribution in [0.4, 0.5) is 0 Å². The van der Waals surface area contributed by atoms with Crippen molar-refractivity contribution in [2.24, 2.45) is 0 Å². The van der Waals surface area contributed by atoms with Gasteiger partial charge in [0.15, 0.2) is 0 Å². The normalized spacial score (nSPS) is 12.9. The molecule has 0 aliphatic carbocycles. The van der Waals surface area contributed by atoms with Crippen molar-refractivity contribution in [1.82, 2.24) is 14.5 Å². The van der Waals surface area contributed by atoms with Gasteiger partial charge in [-0.1, -0.05) is 176 Å². The second kappa shape index (κ2) is 17.2. The maximum absolute atomic E-state index is 12.5. The first-order chi connectivity index (χ1) is 30.2. The number of rotatable bonds is 9. The summed E-state index contributed by atoms with van der Waals surface area (Å²) in [6.07, 6.45) is 4.35. The number of aromatic hydroxyl groups is 1. The minimum atomic E-state index is -0.665. The lowest BCUT2D eigenvalue weighted by Crippen LogP contribution is -2.17. The van der Waals surface area contributed by atoms with Crippen LogP contribution >= 0.6 is 0 Å². The van der Waals surface area contributed by atoms with Gasteiger partial charge in [0.05, 0.1) is 22.6 Å². The molecule has 7 aromatic rings. The highest BCUT2D eigenvalue weighted by atomic mass is 16.3. The Labute approximate surface area is 385 Å². The summed E-state index contributed by atoms with van der Waals surface area (Å²) in [7, 11) is 0. The molecule has 2 aromatic heterocycles. The van der Waals surface area contributed by atoms with Crippen LogP contribution in [-0.4, -0.2) is 19.6 Å². The van der Waals surface area contributed by atoms with Crippen molar-refractivity contribution in [3.8, 4) is 56.3 Å². The Morgan fingerprint density at radius 1 is 0.625 bits per heavy atom. The molecule has 4 heteroatoms. The molecular formula is C60H69N3O. The quantitative estimate of drug-likeness (QED) is 0.157. The SMILES string of the molecule is [2H]C(C)(C)c1ccc(-c2ccnc(-c3cc(Cc4nc(-c5cc(C(C)(C)C)cc(C(C)(C)C)c5O)n(-c5cc(-c6ccccc6)cc(C(C)(C)C)c5)c4C=C)cc(C(C)(C)C)c3)c2)cc1. The first-order valence-corrected chi connectivity index (χ1v) is 22.8. The number of hydrogen-bond acceptors (Lipinski definition) is 3. The lowest BCUT2D eigenvalue weighted by Gasteiger charge is -2.28. The van der Waals surface area contributed by atoms with Crippen LogP contribution in [0.25, 0.3) is 56.7 Å². The van der Waals surface area contributed by atoms with Crippen molar-refractivity contribution in [3.63, 3.8) is 0 Å². The molecule has 0 saturated carbocycles. The first-order valence-electron chi connectivity index (χ1n) is 23.3. The van der Waals surface area contributed by atoms with Crippen LogP contribution in [0.3, 0.4) is 0 Å². The third kappa shape index (κ3) is 9.72. The van der Waals surface area contributed by atoms with Crippen molar-refractivity contribution < 1.29 is 6.48 Å². The van der Waals surface area contributed by atoms with E-state index in [2.05, 4.69) is 209 Å². The number of imidazole rings is 1. The molecule has 64 heavy (non-hydrogen) atoms. The van der Waals surface area contributed by atoms with E-state index in [-0.39, 0.29) is 27.4 Å². The summed E-state index contributed by atoms with van der Waals surface area (Å²) in [6.45, 7) is 34.9. The molecule has 0 bridgehead atoms. The van der Waals surface area contributed by atoms with Crippen LogP contribution in [0.5, 0.6) is 5.75 Å². The summed E-state index contributed by atoms with van der Waals surface area (Å²) in [5.41, 5.74) is 15.4. The van der Waals surface area contributed by atoms with Crippen LogP contribution < -0.4 is 0 Å². The third-order valence-electron chi connectivity index (χ3n) is 12.4. The smallest absolute Gasteiger partial charge is 0.149 e. The summed E-state index contributed by atoms with van der Waals surface area (Å²) in [6, 6.07) is 41.1. The highest BCUT2D eigenvalue weighted by Crippen LogP contribution is 2.44. The highest BCUT2D eigenvalue weighted by Gasteiger charge is 2.30. The van der Waals surface area contributed by atoms with Gasteiger partial charge in [-0.05, 0) is 126 Å². The molecule has 0 atom stereocenters. The fraction of sp³-hybridized carbons (Fsp3) is 0.333. The van der Waals surface area contributed by atoms with E-state index in [0.29, 0.717) is 17.8 Å². The topological polar surface area (TPSA) is 50.9 Å². The molecule has 0 radical (unpaired) electrons. The molecule has 1 N–H and O–H groups in total. The van der Waals surface area contributed by atoms with E-state index in [9.17, 15) is 5.11 Å². The van der Waals surface area contributed by atoms with E-state index in [4.69, 9.17) is 11.3 Å². The molecule has 0 fully saturated rings. The van der Waals surface area contributed by atoms with Crippen molar-refractivity contribution in [2.75, 3.05) is 0 Å². The van der Waals surface area contributed by atoms with Gasteiger partial charge in [0.1, 0.15) is 11.6 Å². The van der Waals surface area contributed by atoms with Crippen molar-refractivity contribution in [3.05, 3.63) is 173 Å². The van der Waals surface area contributed by atoms with E-state index in [0.717, 1.165) is 72.8 Å². The first kappa shape index (κ1) is 44.6. The minimum absolute atomic E-state index is 0.142. The van der Waals surface area contributed by atoms with Crippen molar-refractivity contribution in [2.45, 2.75) is 131 Å². The third-order valence-corrected chi connectivity index (χ3v) is 12.4. The van der Waals surface area contributed by atoms with Gasteiger partial charge in [-0.3, -0.25) is 9.55 Å². The number of nitrogens with zero attached hydrogens (tertiary/aromatic N) is 3. The molecule has 5 aromatic carbocycles. The number of benzene rings is 5. The fourth-order valence-electron chi connectivity index (χ4n) is 8.37. The van der Waals surface area contributed by atoms with Crippen LogP contribution in [0, 0.1) is 0 Å². The highest BCUT2D eigenvalue weighted by molar-refractivity contribution is 5.76. The number of phenols is 1. The molecule has 0 aliphatic heterocycles. The molecule has 7 rings (SSSR count). The standard InChI is InChI=1S/C60H69N3O/c1-16-54-53(30-39-28-45(32-46(29-39)57(4,5)6)52-34-43(26-27-61-52)42-24-22-40(23-25-42)38(2)3)62-56(50-36-48(59(10,11)12)37-51(55(50)64)60(13,14)15)63(54)49-33-44(41-20-18-17-19-21-41)31-47(35-49)58(7,8)9/h16-29,31-38,64H,1,30H2,2-15H3/i38D. The Morgan fingerprint density at radius 3 is 1.81 bits per heavy atom. The summed E-state index contributed by atoms with van der Waals surface area (Å²) in [4.78, 5) is 10.5. The van der Waals surface area contributed by atoms with E-state index in [1.807, 2.05) is 26.1 Å². The zero-order valence-corrected chi connectivity index (χ0v) is 40.8. The summed E-state index contributed by atoms with van der Waals surface area (Å²) in [5, 5.41) is 12.5. The Hall–Kier alpha value is -6.00. The Morgan fingerprint density at radius 2 is 1.22 bits per heavy atom. The van der Waals surface area contributed by atoms with Crippen molar-refractivity contribution in [1.29, 1.82) is 0 Å². The number of aromatic nitrogens is 3. The Balaban J connectivity index is 1.47. The van der Waals surface area contributed by atoms with Crippen LogP contribution in [0.15, 0.2) is 128 Å². The average molecular weight is 849 g/mol. The predicted octanol–water partition coefficient (Wildman–Crippen LogP) is 16.2. The van der Waals surface area contributed by atoms with E-state index in [1.54, 1.807) is 0 Å². The minimum Gasteiger partial charge on any atom is -0.507 e. The molecule has 330 valence electrons. The molecule has 2 heterocycles. The van der Waals surface area contributed by atoms with Gasteiger partial charge >= 0.3 is 0 Å². The van der Waals surface area contributed by atoms with Gasteiger partial charge < -0.3 is 5.11 Å². The van der Waals surface area contributed by atoms with Gasteiger partial charge in [0, 0.05) is 30.8 Å². The van der Waals surface area contributed by atoms with Gasteiger partial charge in [-0.15, -0.1) is 0 Å². The zero-order chi connectivity index (χ0) is 47.4. The second-order valence-corrected chi connectivity index (χ2v) is 22.0. The largest absolute Gasteiger partial charge is 0.507 e. The van der Waals surface area contributed by atoms with Gasteiger partial charge in [0.2, 0.25) is 0 Å². The van der Waals surface area contributed by atoms with Crippen LogP contribution in [0.1, 0.15) is 149 Å². The average Bonchev–Trinajstić information content (AvgIpc) is 3.59. The summed E-state index contributed by atoms with van der Waals surface area (Å²) < 4.78 is 10.7. The molecule has 0 spiro atoms. The van der Waals surface area contributed by atoms with E-state index >= 15 is 0 Å². The molecule has 0 amide bonds. The maximum atomic E-state index is 12.5. The van der Waals surface area contributed by atoms with E-state index < -0.39 is 5.89 Å². The molecule has 0 unspecified atom stereocenters. The maximum Gasteiger partial charge on any atom is 0.149 e. The molecular weight excluding hydrogens is 779 g/mol. The lowest BCUT2D eigenvalue weighted by atomic mass is 9.79. The number of pyridine rings is 1.